The molecule has 0 unspecified atom stereocenters. The standard InChI is InChI=1S/C10H12N2O/c1-8-6-10(13-2)12-7-9(8)4-3-5-11/h6-7H,5,11H2,1-2H3. The summed E-state index contributed by atoms with van der Waals surface area (Å²) >= 11 is 0. The van der Waals surface area contributed by atoms with Crippen molar-refractivity contribution in [2.24, 2.45) is 5.73 Å². The van der Waals surface area contributed by atoms with E-state index in [4.69, 9.17) is 10.5 Å². The number of hydrogen-bond donors (Lipinski definition) is 1. The molecule has 0 saturated heterocycles. The fourth-order valence-corrected chi connectivity index (χ4v) is 0.919. The van der Waals surface area contributed by atoms with E-state index in [9.17, 15) is 0 Å². The first-order chi connectivity index (χ1) is 6.27. The first kappa shape index (κ1) is 9.56. The summed E-state index contributed by atoms with van der Waals surface area (Å²) in [5.74, 6) is 6.32. The summed E-state index contributed by atoms with van der Waals surface area (Å²) in [7, 11) is 1.59. The van der Waals surface area contributed by atoms with Crippen molar-refractivity contribution in [2.45, 2.75) is 6.92 Å². The summed E-state index contributed by atoms with van der Waals surface area (Å²) in [6.45, 7) is 2.33. The Balaban J connectivity index is 2.98. The Hall–Kier alpha value is -1.53. The van der Waals surface area contributed by atoms with Crippen LogP contribution in [0.4, 0.5) is 0 Å². The van der Waals surface area contributed by atoms with Crippen LogP contribution in [0, 0.1) is 18.8 Å². The van der Waals surface area contributed by atoms with Gasteiger partial charge in [-0.1, -0.05) is 11.8 Å². The molecule has 1 aromatic heterocycles. The van der Waals surface area contributed by atoms with Crippen LogP contribution in [0.15, 0.2) is 12.3 Å². The van der Waals surface area contributed by atoms with Gasteiger partial charge in [0.05, 0.1) is 13.7 Å². The van der Waals surface area contributed by atoms with Crippen LogP contribution in [0.2, 0.25) is 0 Å². The molecular weight excluding hydrogens is 164 g/mol. The lowest BCUT2D eigenvalue weighted by molar-refractivity contribution is 0.397. The quantitative estimate of drug-likeness (QED) is 0.641. The predicted octanol–water partition coefficient (Wildman–Crippen LogP) is 0.709. The first-order valence-electron chi connectivity index (χ1n) is 3.97. The number of nitrogens with two attached hydrogens (primary N) is 1. The molecule has 0 radical (unpaired) electrons. The Morgan fingerprint density at radius 3 is 2.92 bits per heavy atom. The minimum atomic E-state index is 0.367. The van der Waals surface area contributed by atoms with Gasteiger partial charge in [-0.25, -0.2) is 4.98 Å². The Morgan fingerprint density at radius 2 is 2.38 bits per heavy atom. The molecular formula is C10H12N2O. The number of methoxy groups -OCH3 is 1. The maximum atomic E-state index is 5.26. The molecule has 0 aliphatic rings. The monoisotopic (exact) mass is 176 g/mol. The van der Waals surface area contributed by atoms with E-state index >= 15 is 0 Å². The second kappa shape index (κ2) is 4.48. The van der Waals surface area contributed by atoms with Gasteiger partial charge in [-0.3, -0.25) is 0 Å². The molecule has 3 nitrogen and oxygen atoms in total. The topological polar surface area (TPSA) is 48.1 Å². The lowest BCUT2D eigenvalue weighted by Crippen LogP contribution is -1.94. The molecule has 0 saturated carbocycles. The average molecular weight is 176 g/mol. The van der Waals surface area contributed by atoms with E-state index in [2.05, 4.69) is 16.8 Å². The number of aromatic nitrogens is 1. The van der Waals surface area contributed by atoms with Crippen molar-refractivity contribution in [3.63, 3.8) is 0 Å². The Labute approximate surface area is 77.9 Å². The zero-order valence-corrected chi connectivity index (χ0v) is 7.79. The van der Waals surface area contributed by atoms with Crippen molar-refractivity contribution in [1.29, 1.82) is 0 Å². The third-order valence-electron chi connectivity index (χ3n) is 1.62. The molecule has 1 heterocycles. The largest absolute Gasteiger partial charge is 0.481 e. The van der Waals surface area contributed by atoms with Gasteiger partial charge in [0.2, 0.25) is 5.88 Å². The van der Waals surface area contributed by atoms with Crippen molar-refractivity contribution >= 4 is 0 Å². The molecule has 1 rings (SSSR count). The minimum Gasteiger partial charge on any atom is -0.481 e. The van der Waals surface area contributed by atoms with Gasteiger partial charge in [-0.15, -0.1) is 0 Å². The fraction of sp³-hybridized carbons (Fsp3) is 0.300. The number of pyridine rings is 1. The van der Waals surface area contributed by atoms with Gasteiger partial charge in [0.1, 0.15) is 0 Å². The molecule has 3 heteroatoms. The van der Waals surface area contributed by atoms with E-state index in [1.165, 1.54) is 0 Å². The average Bonchev–Trinajstić information content (AvgIpc) is 2.16. The van der Waals surface area contributed by atoms with Gasteiger partial charge in [-0.05, 0) is 12.5 Å². The molecule has 1 aromatic rings. The highest BCUT2D eigenvalue weighted by atomic mass is 16.5. The van der Waals surface area contributed by atoms with E-state index in [-0.39, 0.29) is 0 Å². The normalized spacial score (nSPS) is 8.85. The minimum absolute atomic E-state index is 0.367. The molecule has 13 heavy (non-hydrogen) atoms. The SMILES string of the molecule is COc1cc(C)c(C#CCN)cn1. The van der Waals surface area contributed by atoms with Crippen molar-refractivity contribution in [1.82, 2.24) is 4.98 Å². The number of nitrogens with zero attached hydrogens (tertiary/aromatic N) is 1. The lowest BCUT2D eigenvalue weighted by Gasteiger charge is -2.00. The van der Waals surface area contributed by atoms with Gasteiger partial charge in [-0.2, -0.15) is 0 Å². The molecule has 68 valence electrons. The molecule has 0 fully saturated rings. The van der Waals surface area contributed by atoms with Crippen molar-refractivity contribution < 1.29 is 4.74 Å². The first-order valence-corrected chi connectivity index (χ1v) is 3.97. The van der Waals surface area contributed by atoms with Gasteiger partial charge >= 0.3 is 0 Å². The van der Waals surface area contributed by atoms with Gasteiger partial charge in [0.25, 0.3) is 0 Å². The van der Waals surface area contributed by atoms with Gasteiger partial charge in [0, 0.05) is 17.8 Å². The Bertz CT molecular complexity index is 350. The molecule has 0 aromatic carbocycles. The maximum Gasteiger partial charge on any atom is 0.213 e. The summed E-state index contributed by atoms with van der Waals surface area (Å²) in [5.41, 5.74) is 7.21. The summed E-state index contributed by atoms with van der Waals surface area (Å²) in [6.07, 6.45) is 1.69. The number of hydrogen-bond acceptors (Lipinski definition) is 3. The fourth-order valence-electron chi connectivity index (χ4n) is 0.919. The lowest BCUT2D eigenvalue weighted by atomic mass is 10.2. The van der Waals surface area contributed by atoms with E-state index in [0.717, 1.165) is 11.1 Å². The van der Waals surface area contributed by atoms with E-state index in [0.29, 0.717) is 12.4 Å². The molecule has 2 N–H and O–H groups in total. The second-order valence-corrected chi connectivity index (χ2v) is 2.55. The maximum absolute atomic E-state index is 5.26. The highest BCUT2D eigenvalue weighted by Crippen LogP contribution is 2.11. The van der Waals surface area contributed by atoms with Crippen LogP contribution in [-0.2, 0) is 0 Å². The predicted molar refractivity (Wildman–Crippen MR) is 51.5 cm³/mol. The zero-order valence-electron chi connectivity index (χ0n) is 7.79. The molecule has 0 aliphatic heterocycles. The van der Waals surface area contributed by atoms with Crippen LogP contribution >= 0.6 is 0 Å². The van der Waals surface area contributed by atoms with E-state index < -0.39 is 0 Å². The molecule has 0 spiro atoms. The number of aryl methyl sites for hydroxylation is 1. The molecule has 0 atom stereocenters. The molecule has 0 amide bonds. The number of rotatable bonds is 1. The zero-order chi connectivity index (χ0) is 9.68. The highest BCUT2D eigenvalue weighted by Gasteiger charge is 1.97. The van der Waals surface area contributed by atoms with E-state index in [1.54, 1.807) is 13.3 Å². The van der Waals surface area contributed by atoms with Crippen LogP contribution in [0.5, 0.6) is 5.88 Å². The van der Waals surface area contributed by atoms with E-state index in [1.807, 2.05) is 13.0 Å². The van der Waals surface area contributed by atoms with Crippen LogP contribution < -0.4 is 10.5 Å². The Morgan fingerprint density at radius 1 is 1.62 bits per heavy atom. The number of ether oxygens (including phenoxy) is 1. The second-order valence-electron chi connectivity index (χ2n) is 2.55. The van der Waals surface area contributed by atoms with Crippen LogP contribution in [-0.4, -0.2) is 18.6 Å². The van der Waals surface area contributed by atoms with Gasteiger partial charge < -0.3 is 10.5 Å². The summed E-state index contributed by atoms with van der Waals surface area (Å²) in [5, 5.41) is 0. The summed E-state index contributed by atoms with van der Waals surface area (Å²) in [4.78, 5) is 4.05. The van der Waals surface area contributed by atoms with Gasteiger partial charge in [0.15, 0.2) is 0 Å². The summed E-state index contributed by atoms with van der Waals surface area (Å²) < 4.78 is 4.97. The van der Waals surface area contributed by atoms with Crippen LogP contribution in [0.3, 0.4) is 0 Å². The van der Waals surface area contributed by atoms with Crippen LogP contribution in [0.1, 0.15) is 11.1 Å². The summed E-state index contributed by atoms with van der Waals surface area (Å²) in [6, 6.07) is 1.85. The van der Waals surface area contributed by atoms with Crippen molar-refractivity contribution in [3.8, 4) is 17.7 Å². The molecule has 0 bridgehead atoms. The van der Waals surface area contributed by atoms with Crippen molar-refractivity contribution in [2.75, 3.05) is 13.7 Å². The smallest absolute Gasteiger partial charge is 0.213 e. The van der Waals surface area contributed by atoms with Crippen LogP contribution in [0.25, 0.3) is 0 Å². The Kier molecular flexibility index (Phi) is 3.30. The third kappa shape index (κ3) is 2.46. The third-order valence-corrected chi connectivity index (χ3v) is 1.62. The highest BCUT2D eigenvalue weighted by molar-refractivity contribution is 5.40. The molecule has 0 aliphatic carbocycles. The van der Waals surface area contributed by atoms with Crippen molar-refractivity contribution in [3.05, 3.63) is 23.4 Å².